The maximum absolute atomic E-state index is 12.9. The lowest BCUT2D eigenvalue weighted by Crippen LogP contribution is -2.63. The number of ether oxygens (including phenoxy) is 2. The predicted molar refractivity (Wildman–Crippen MR) is 86.1 cm³/mol. The predicted octanol–water partition coefficient (Wildman–Crippen LogP) is 1.32. The minimum absolute atomic E-state index is 0.0252. The monoisotopic (exact) mass is 346 g/mol. The molecule has 5 aliphatic rings. The molecule has 5 bridgehead atoms. The molecule has 25 heavy (non-hydrogen) atoms. The zero-order valence-corrected chi connectivity index (χ0v) is 14.5. The summed E-state index contributed by atoms with van der Waals surface area (Å²) in [6.07, 6.45) is 2.51. The third kappa shape index (κ3) is 2.09. The Balaban J connectivity index is 1.93. The number of carbonyl (C=O) groups is 3. The van der Waals surface area contributed by atoms with Gasteiger partial charge in [-0.05, 0) is 18.4 Å². The van der Waals surface area contributed by atoms with Crippen LogP contribution in [0.5, 0.6) is 0 Å². The molecule has 6 nitrogen and oxygen atoms in total. The number of esters is 1. The Kier molecular flexibility index (Phi) is 3.48. The smallest absolute Gasteiger partial charge is 0.346 e. The number of Topliss-reactive ketones (excluding diaryl/α,β-unsaturated/α-hetero) is 1. The summed E-state index contributed by atoms with van der Waals surface area (Å²) < 4.78 is 11.6. The van der Waals surface area contributed by atoms with Gasteiger partial charge in [-0.15, -0.1) is 0 Å². The van der Waals surface area contributed by atoms with Crippen molar-refractivity contribution in [3.05, 3.63) is 23.5 Å². The molecule has 0 amide bonds. The molecule has 0 aromatic rings. The number of hydrogen-bond donors (Lipinski definition) is 1. The Bertz CT molecular complexity index is 734. The van der Waals surface area contributed by atoms with Crippen molar-refractivity contribution in [2.75, 3.05) is 0 Å². The molecule has 0 unspecified atom stereocenters. The lowest BCUT2D eigenvalue weighted by atomic mass is 9.64. The van der Waals surface area contributed by atoms with Gasteiger partial charge in [0.05, 0.1) is 5.92 Å². The Morgan fingerprint density at radius 2 is 1.88 bits per heavy atom. The number of rotatable bonds is 0. The van der Waals surface area contributed by atoms with Gasteiger partial charge in [0.15, 0.2) is 22.9 Å². The van der Waals surface area contributed by atoms with Crippen LogP contribution in [0, 0.1) is 23.7 Å². The molecule has 2 saturated heterocycles. The largest absolute Gasteiger partial charge is 0.486 e. The fraction of sp³-hybridized carbons (Fsp3) is 0.632. The van der Waals surface area contributed by atoms with E-state index in [0.29, 0.717) is 12.8 Å². The maximum atomic E-state index is 12.9. The fourth-order valence-electron chi connectivity index (χ4n) is 4.79. The van der Waals surface area contributed by atoms with Gasteiger partial charge < -0.3 is 14.6 Å². The van der Waals surface area contributed by atoms with Crippen LogP contribution < -0.4 is 0 Å². The standard InChI is InChI=1S/C19H22O6/c1-8-6-9(2)14(21)13-17-19(25-18(13)23)7-10(3)16(24-17)15(22)11(19)4-5-12(8)20/h4-5,8-11,15-16,22H,6-7H2,1-3H3/b5-4-/t8-,9+,10-,11-,15-,16-,19-/m1/s1. The van der Waals surface area contributed by atoms with E-state index in [0.717, 1.165) is 0 Å². The van der Waals surface area contributed by atoms with Crippen LogP contribution in [0.15, 0.2) is 23.5 Å². The van der Waals surface area contributed by atoms with Crippen LogP contribution in [-0.4, -0.2) is 40.5 Å². The van der Waals surface area contributed by atoms with Crippen molar-refractivity contribution >= 4 is 17.5 Å². The minimum Gasteiger partial charge on any atom is -0.486 e. The van der Waals surface area contributed by atoms with Crippen molar-refractivity contribution in [3.8, 4) is 0 Å². The van der Waals surface area contributed by atoms with Crippen molar-refractivity contribution in [1.29, 1.82) is 0 Å². The SMILES string of the molecule is C[C@@H]1C[C@H](C)C(=O)C2=C3O[C@H]4[C@H](O)[C@@H](/C=C\C1=O)[C@@]3(C[C@H]4C)OC2=O. The van der Waals surface area contributed by atoms with Crippen molar-refractivity contribution in [3.63, 3.8) is 0 Å². The van der Waals surface area contributed by atoms with Crippen molar-refractivity contribution < 1.29 is 29.0 Å². The molecular weight excluding hydrogens is 324 g/mol. The first-order chi connectivity index (χ1) is 11.8. The topological polar surface area (TPSA) is 89.9 Å². The molecule has 6 heteroatoms. The van der Waals surface area contributed by atoms with Crippen LogP contribution in [0.2, 0.25) is 0 Å². The van der Waals surface area contributed by atoms with Gasteiger partial charge in [-0.1, -0.05) is 26.8 Å². The van der Waals surface area contributed by atoms with Crippen LogP contribution >= 0.6 is 0 Å². The van der Waals surface area contributed by atoms with Gasteiger partial charge in [-0.25, -0.2) is 4.79 Å². The molecule has 0 aromatic carbocycles. The third-order valence-electron chi connectivity index (χ3n) is 6.13. The highest BCUT2D eigenvalue weighted by Crippen LogP contribution is 2.56. The summed E-state index contributed by atoms with van der Waals surface area (Å²) in [7, 11) is 0. The third-order valence-corrected chi connectivity index (χ3v) is 6.13. The molecule has 3 heterocycles. The second-order valence-corrected chi connectivity index (χ2v) is 7.93. The average molecular weight is 346 g/mol. The number of hydrogen-bond acceptors (Lipinski definition) is 6. The fourth-order valence-corrected chi connectivity index (χ4v) is 4.79. The van der Waals surface area contributed by atoms with Crippen LogP contribution in [0.4, 0.5) is 0 Å². The van der Waals surface area contributed by atoms with Gasteiger partial charge in [0.25, 0.3) is 0 Å². The lowest BCUT2D eigenvalue weighted by molar-refractivity contribution is -0.220. The van der Waals surface area contributed by atoms with Crippen LogP contribution in [0.25, 0.3) is 0 Å². The Morgan fingerprint density at radius 1 is 1.16 bits per heavy atom. The van der Waals surface area contributed by atoms with Gasteiger partial charge in [-0.3, -0.25) is 9.59 Å². The van der Waals surface area contributed by atoms with E-state index in [4.69, 9.17) is 9.47 Å². The van der Waals surface area contributed by atoms with E-state index in [2.05, 4.69) is 0 Å². The summed E-state index contributed by atoms with van der Waals surface area (Å²) in [5.74, 6) is -2.27. The van der Waals surface area contributed by atoms with Gasteiger partial charge in [0.2, 0.25) is 0 Å². The number of carbonyl (C=O) groups excluding carboxylic acids is 3. The van der Waals surface area contributed by atoms with Gasteiger partial charge in [-0.2, -0.15) is 0 Å². The molecule has 7 atom stereocenters. The number of allylic oxidation sites excluding steroid dienone is 1. The number of fused-ring (bicyclic) bond motifs is 1. The van der Waals surface area contributed by atoms with E-state index >= 15 is 0 Å². The van der Waals surface area contributed by atoms with Crippen LogP contribution in [0.1, 0.15) is 33.6 Å². The molecule has 134 valence electrons. The van der Waals surface area contributed by atoms with E-state index in [1.807, 2.05) is 6.92 Å². The summed E-state index contributed by atoms with van der Waals surface area (Å²) in [5, 5.41) is 10.7. The van der Waals surface area contributed by atoms with Crippen LogP contribution in [0.3, 0.4) is 0 Å². The molecule has 3 fully saturated rings. The molecule has 0 aromatic heterocycles. The Hall–Kier alpha value is -1.95. The summed E-state index contributed by atoms with van der Waals surface area (Å²) in [4.78, 5) is 37.8. The highest BCUT2D eigenvalue weighted by atomic mass is 16.6. The minimum atomic E-state index is -1.18. The lowest BCUT2D eigenvalue weighted by Gasteiger charge is -2.54. The molecule has 1 N–H and O–H groups in total. The highest BCUT2D eigenvalue weighted by Gasteiger charge is 2.67. The second kappa shape index (κ2) is 5.27. The highest BCUT2D eigenvalue weighted by molar-refractivity contribution is 6.20. The van der Waals surface area contributed by atoms with Crippen molar-refractivity contribution in [2.45, 2.75) is 51.4 Å². The molecule has 2 aliphatic carbocycles. The summed E-state index contributed by atoms with van der Waals surface area (Å²) >= 11 is 0. The van der Waals surface area contributed by atoms with E-state index < -0.39 is 35.6 Å². The van der Waals surface area contributed by atoms with E-state index in [-0.39, 0.29) is 34.7 Å². The summed E-state index contributed by atoms with van der Waals surface area (Å²) in [6.45, 7) is 5.41. The summed E-state index contributed by atoms with van der Waals surface area (Å²) in [5.41, 5.74) is -1.21. The molecule has 3 aliphatic heterocycles. The van der Waals surface area contributed by atoms with Gasteiger partial charge in [0, 0.05) is 18.3 Å². The van der Waals surface area contributed by atoms with Crippen molar-refractivity contribution in [1.82, 2.24) is 0 Å². The van der Waals surface area contributed by atoms with Crippen LogP contribution in [-0.2, 0) is 23.9 Å². The van der Waals surface area contributed by atoms with E-state index in [1.165, 1.54) is 6.08 Å². The first-order valence-corrected chi connectivity index (χ1v) is 8.85. The second-order valence-electron chi connectivity index (χ2n) is 7.93. The zero-order valence-electron chi connectivity index (χ0n) is 14.5. The Morgan fingerprint density at radius 3 is 2.60 bits per heavy atom. The van der Waals surface area contributed by atoms with Crippen molar-refractivity contribution in [2.24, 2.45) is 23.7 Å². The molecule has 0 radical (unpaired) electrons. The molecule has 1 saturated carbocycles. The maximum Gasteiger partial charge on any atom is 0.346 e. The zero-order chi connectivity index (χ0) is 18.1. The molecule has 1 spiro atoms. The van der Waals surface area contributed by atoms with E-state index in [1.54, 1.807) is 19.9 Å². The molecule has 5 rings (SSSR count). The molecular formula is C19H22O6. The van der Waals surface area contributed by atoms with Gasteiger partial charge >= 0.3 is 5.97 Å². The normalized spacial score (nSPS) is 47.3. The number of aliphatic hydroxyl groups is 1. The average Bonchev–Trinajstić information content (AvgIpc) is 2.83. The first-order valence-electron chi connectivity index (χ1n) is 8.85. The number of aliphatic hydroxyl groups excluding tert-OH is 1. The quantitative estimate of drug-likeness (QED) is 0.526. The first kappa shape index (κ1) is 16.5. The van der Waals surface area contributed by atoms with E-state index in [9.17, 15) is 19.5 Å². The number of ketones is 2. The Labute approximate surface area is 145 Å². The summed E-state index contributed by atoms with van der Waals surface area (Å²) in [6, 6.07) is 0. The van der Waals surface area contributed by atoms with Gasteiger partial charge in [0.1, 0.15) is 17.8 Å².